The number of nitrogens with one attached hydrogen (secondary N) is 2. The van der Waals surface area contributed by atoms with Crippen molar-refractivity contribution in [3.63, 3.8) is 0 Å². The number of aromatic nitrogens is 4. The Labute approximate surface area is 146 Å². The Morgan fingerprint density at radius 3 is 2.92 bits per heavy atom. The van der Waals surface area contributed by atoms with Crippen LogP contribution in [0.1, 0.15) is 30.8 Å². The van der Waals surface area contributed by atoms with Crippen LogP contribution in [0.3, 0.4) is 0 Å². The van der Waals surface area contributed by atoms with E-state index in [9.17, 15) is 4.79 Å². The average molecular weight is 341 g/mol. The largest absolute Gasteiger partial charge is 0.357 e. The lowest BCUT2D eigenvalue weighted by Crippen LogP contribution is -2.43. The zero-order chi connectivity index (χ0) is 17.2. The Morgan fingerprint density at radius 1 is 1.28 bits per heavy atom. The topological polar surface area (TPSA) is 88.0 Å². The second kappa shape index (κ2) is 6.70. The zero-order valence-electron chi connectivity index (χ0n) is 14.4. The summed E-state index contributed by atoms with van der Waals surface area (Å²) < 4.78 is 1.85. The smallest absolute Gasteiger partial charge is 0.319 e. The normalized spacial score (nSPS) is 19.6. The van der Waals surface area contributed by atoms with Gasteiger partial charge in [0.1, 0.15) is 18.0 Å². The van der Waals surface area contributed by atoms with E-state index >= 15 is 0 Å². The summed E-state index contributed by atoms with van der Waals surface area (Å²) in [5.41, 5.74) is 1.58. The highest BCUT2D eigenvalue weighted by Gasteiger charge is 2.21. The highest BCUT2D eigenvalue weighted by molar-refractivity contribution is 5.90. The first-order valence-electron chi connectivity index (χ1n) is 8.86. The van der Waals surface area contributed by atoms with Crippen LogP contribution in [0.2, 0.25) is 0 Å². The number of fused-ring (bicyclic) bond motifs is 1. The van der Waals surface area contributed by atoms with Gasteiger partial charge in [0.2, 0.25) is 0 Å². The minimum absolute atomic E-state index is 0.0614. The molecule has 8 nitrogen and oxygen atoms in total. The van der Waals surface area contributed by atoms with Crippen LogP contribution in [0.25, 0.3) is 0 Å². The van der Waals surface area contributed by atoms with Gasteiger partial charge in [-0.1, -0.05) is 0 Å². The van der Waals surface area contributed by atoms with Gasteiger partial charge in [0.05, 0.1) is 24.0 Å². The lowest BCUT2D eigenvalue weighted by molar-refractivity contribution is 0.243. The van der Waals surface area contributed by atoms with Gasteiger partial charge in [0, 0.05) is 19.5 Å². The van der Waals surface area contributed by atoms with Crippen molar-refractivity contribution < 1.29 is 4.79 Å². The minimum atomic E-state index is -0.201. The van der Waals surface area contributed by atoms with E-state index in [2.05, 4.69) is 30.6 Å². The molecule has 4 heterocycles. The zero-order valence-corrected chi connectivity index (χ0v) is 14.4. The first-order chi connectivity index (χ1) is 12.2. The Morgan fingerprint density at radius 2 is 2.12 bits per heavy atom. The van der Waals surface area contributed by atoms with Gasteiger partial charge in [-0.2, -0.15) is 5.10 Å². The number of carbonyl (C=O) groups excluding carboxylic acids is 1. The molecule has 0 aliphatic carbocycles. The van der Waals surface area contributed by atoms with Gasteiger partial charge in [-0.3, -0.25) is 0 Å². The molecule has 2 aromatic rings. The number of carbonyl (C=O) groups is 1. The number of nitrogens with zero attached hydrogens (tertiary/aromatic N) is 5. The van der Waals surface area contributed by atoms with Crippen molar-refractivity contribution in [3.8, 4) is 0 Å². The maximum Gasteiger partial charge on any atom is 0.319 e. The lowest BCUT2D eigenvalue weighted by Gasteiger charge is -2.24. The highest BCUT2D eigenvalue weighted by atomic mass is 16.2. The summed E-state index contributed by atoms with van der Waals surface area (Å²) in [7, 11) is 0. The number of urea groups is 1. The molecule has 0 radical (unpaired) electrons. The van der Waals surface area contributed by atoms with E-state index in [4.69, 9.17) is 0 Å². The fraction of sp³-hybridized carbons (Fsp3) is 0.529. The summed E-state index contributed by atoms with van der Waals surface area (Å²) in [6.45, 7) is 4.71. The predicted octanol–water partition coefficient (Wildman–Crippen LogP) is 1.72. The number of pyridine rings is 1. The summed E-state index contributed by atoms with van der Waals surface area (Å²) in [5.74, 6) is 1.97. The molecular formula is C17H23N7O. The summed E-state index contributed by atoms with van der Waals surface area (Å²) >= 11 is 0. The summed E-state index contributed by atoms with van der Waals surface area (Å²) in [4.78, 5) is 23.4. The third-order valence-electron chi connectivity index (χ3n) is 4.89. The molecule has 0 unspecified atom stereocenters. The number of amides is 2. The van der Waals surface area contributed by atoms with Crippen LogP contribution in [-0.4, -0.2) is 44.9 Å². The molecule has 0 bridgehead atoms. The molecule has 1 fully saturated rings. The molecule has 2 aromatic heterocycles. The van der Waals surface area contributed by atoms with Gasteiger partial charge in [-0.15, -0.1) is 0 Å². The van der Waals surface area contributed by atoms with Gasteiger partial charge < -0.3 is 15.5 Å². The molecule has 1 atom stereocenters. The summed E-state index contributed by atoms with van der Waals surface area (Å²) in [6.07, 6.45) is 5.71. The SMILES string of the molecule is Cc1nc(N2CCCC2)ccc1NC(=O)N[C@H]1CCc2ncnn2C1. The fourth-order valence-corrected chi connectivity index (χ4v) is 3.50. The Bertz CT molecular complexity index is 766. The molecule has 2 amide bonds. The second-order valence-corrected chi connectivity index (χ2v) is 6.69. The van der Waals surface area contributed by atoms with E-state index in [1.165, 1.54) is 12.8 Å². The van der Waals surface area contributed by atoms with E-state index in [0.29, 0.717) is 6.54 Å². The number of rotatable bonds is 3. The molecular weight excluding hydrogens is 318 g/mol. The number of aryl methyl sites for hydroxylation is 2. The Balaban J connectivity index is 1.36. The maximum atomic E-state index is 12.3. The van der Waals surface area contributed by atoms with Crippen molar-refractivity contribution in [2.45, 2.75) is 45.2 Å². The van der Waals surface area contributed by atoms with Gasteiger partial charge in [0.15, 0.2) is 0 Å². The Hall–Kier alpha value is -2.64. The van der Waals surface area contributed by atoms with Crippen LogP contribution in [0.4, 0.5) is 16.3 Å². The van der Waals surface area contributed by atoms with Crippen molar-refractivity contribution in [3.05, 3.63) is 30.0 Å². The van der Waals surface area contributed by atoms with Gasteiger partial charge in [-0.05, 0) is 38.3 Å². The molecule has 1 saturated heterocycles. The van der Waals surface area contributed by atoms with Crippen LogP contribution < -0.4 is 15.5 Å². The van der Waals surface area contributed by atoms with Crippen LogP contribution >= 0.6 is 0 Å². The average Bonchev–Trinajstić information content (AvgIpc) is 3.27. The first kappa shape index (κ1) is 15.9. The van der Waals surface area contributed by atoms with Crippen LogP contribution in [0.15, 0.2) is 18.5 Å². The number of hydrogen-bond acceptors (Lipinski definition) is 5. The van der Waals surface area contributed by atoms with Crippen molar-refractivity contribution in [1.82, 2.24) is 25.1 Å². The van der Waals surface area contributed by atoms with Crippen LogP contribution in [0.5, 0.6) is 0 Å². The van der Waals surface area contributed by atoms with Crippen molar-refractivity contribution in [2.75, 3.05) is 23.3 Å². The van der Waals surface area contributed by atoms with Crippen molar-refractivity contribution in [1.29, 1.82) is 0 Å². The van der Waals surface area contributed by atoms with Gasteiger partial charge in [-0.25, -0.2) is 19.4 Å². The van der Waals surface area contributed by atoms with E-state index in [0.717, 1.165) is 49.0 Å². The number of hydrogen-bond donors (Lipinski definition) is 2. The molecule has 4 rings (SSSR count). The molecule has 2 aliphatic rings. The molecule has 0 spiro atoms. The summed E-state index contributed by atoms with van der Waals surface area (Å²) in [6, 6.07) is 3.78. The minimum Gasteiger partial charge on any atom is -0.357 e. The van der Waals surface area contributed by atoms with Crippen LogP contribution in [0, 0.1) is 6.92 Å². The van der Waals surface area contributed by atoms with Crippen LogP contribution in [-0.2, 0) is 13.0 Å². The molecule has 25 heavy (non-hydrogen) atoms. The van der Waals surface area contributed by atoms with Gasteiger partial charge in [0.25, 0.3) is 0 Å². The second-order valence-electron chi connectivity index (χ2n) is 6.69. The predicted molar refractivity (Wildman–Crippen MR) is 94.7 cm³/mol. The van der Waals surface area contributed by atoms with E-state index in [-0.39, 0.29) is 12.1 Å². The highest BCUT2D eigenvalue weighted by Crippen LogP contribution is 2.22. The third-order valence-corrected chi connectivity index (χ3v) is 4.89. The van der Waals surface area contributed by atoms with E-state index < -0.39 is 0 Å². The van der Waals surface area contributed by atoms with E-state index in [1.807, 2.05) is 23.7 Å². The fourth-order valence-electron chi connectivity index (χ4n) is 3.50. The number of anilines is 2. The maximum absolute atomic E-state index is 12.3. The molecule has 0 aromatic carbocycles. The first-order valence-corrected chi connectivity index (χ1v) is 8.86. The lowest BCUT2D eigenvalue weighted by atomic mass is 10.1. The monoisotopic (exact) mass is 341 g/mol. The Kier molecular flexibility index (Phi) is 4.25. The van der Waals surface area contributed by atoms with Crippen molar-refractivity contribution >= 4 is 17.5 Å². The molecule has 132 valence electrons. The van der Waals surface area contributed by atoms with E-state index in [1.54, 1.807) is 6.33 Å². The molecule has 2 N–H and O–H groups in total. The molecule has 2 aliphatic heterocycles. The molecule has 0 saturated carbocycles. The third kappa shape index (κ3) is 3.42. The summed E-state index contributed by atoms with van der Waals surface area (Å²) in [5, 5.41) is 10.1. The quantitative estimate of drug-likeness (QED) is 0.887. The standard InChI is InChI=1S/C17H23N7O/c1-12-14(5-7-16(20-12)23-8-2-3-9-23)22-17(25)21-13-4-6-15-18-11-19-24(15)10-13/h5,7,11,13H,2-4,6,8-10H2,1H3,(H2,21,22,25)/t13-/m0/s1. The van der Waals surface area contributed by atoms with Crippen molar-refractivity contribution in [2.24, 2.45) is 0 Å². The van der Waals surface area contributed by atoms with Gasteiger partial charge >= 0.3 is 6.03 Å². The molecule has 8 heteroatoms.